The van der Waals surface area contributed by atoms with Gasteiger partial charge < -0.3 is 10.7 Å². The van der Waals surface area contributed by atoms with Crippen LogP contribution in [0.4, 0.5) is 20.2 Å². The third-order valence-corrected chi connectivity index (χ3v) is 1.51. The standard InChI is InChI=1S/C6H5F2N3O3/c7-6(8)5-4(9)2(11(13)14)1-3(12)10-5/h1,6H,9H2,(H,10,12). The predicted octanol–water partition coefficient (Wildman–Crippen LogP) is 0.803. The van der Waals surface area contributed by atoms with E-state index in [1.54, 1.807) is 4.98 Å². The predicted molar refractivity (Wildman–Crippen MR) is 43.1 cm³/mol. The van der Waals surface area contributed by atoms with E-state index >= 15 is 0 Å². The highest BCUT2D eigenvalue weighted by molar-refractivity contribution is 5.60. The van der Waals surface area contributed by atoms with E-state index in [4.69, 9.17) is 5.73 Å². The summed E-state index contributed by atoms with van der Waals surface area (Å²) in [5.41, 5.74) is 1.62. The number of nitrogens with two attached hydrogens (primary N) is 1. The molecule has 0 amide bonds. The average molecular weight is 205 g/mol. The van der Waals surface area contributed by atoms with Crippen molar-refractivity contribution in [2.24, 2.45) is 0 Å². The largest absolute Gasteiger partial charge is 0.392 e. The van der Waals surface area contributed by atoms with Crippen LogP contribution in [0.25, 0.3) is 0 Å². The van der Waals surface area contributed by atoms with Gasteiger partial charge in [-0.1, -0.05) is 0 Å². The molecule has 0 aliphatic rings. The van der Waals surface area contributed by atoms with Gasteiger partial charge in [0.1, 0.15) is 11.4 Å². The number of alkyl halides is 2. The Bertz CT molecular complexity index is 429. The summed E-state index contributed by atoms with van der Waals surface area (Å²) in [5.74, 6) is 0. The molecule has 0 fully saturated rings. The second-order valence-electron chi connectivity index (χ2n) is 2.40. The second-order valence-corrected chi connectivity index (χ2v) is 2.40. The number of anilines is 1. The Balaban J connectivity index is 3.48. The first kappa shape index (κ1) is 10.1. The zero-order chi connectivity index (χ0) is 10.9. The topological polar surface area (TPSA) is 102 Å². The van der Waals surface area contributed by atoms with Crippen LogP contribution in [0, 0.1) is 10.1 Å². The number of aromatic nitrogens is 1. The molecule has 0 spiro atoms. The summed E-state index contributed by atoms with van der Waals surface area (Å²) in [5, 5.41) is 10.3. The lowest BCUT2D eigenvalue weighted by Crippen LogP contribution is -2.13. The van der Waals surface area contributed by atoms with Crippen molar-refractivity contribution in [3.8, 4) is 0 Å². The Morgan fingerprint density at radius 2 is 2.14 bits per heavy atom. The maximum Gasteiger partial charge on any atom is 0.299 e. The van der Waals surface area contributed by atoms with Crippen molar-refractivity contribution in [2.75, 3.05) is 5.73 Å². The fourth-order valence-electron chi connectivity index (χ4n) is 0.899. The van der Waals surface area contributed by atoms with Gasteiger partial charge in [-0.15, -0.1) is 0 Å². The summed E-state index contributed by atoms with van der Waals surface area (Å²) >= 11 is 0. The van der Waals surface area contributed by atoms with E-state index in [2.05, 4.69) is 0 Å². The summed E-state index contributed by atoms with van der Waals surface area (Å²) in [4.78, 5) is 21.7. The number of hydrogen-bond acceptors (Lipinski definition) is 4. The van der Waals surface area contributed by atoms with Gasteiger partial charge in [0.15, 0.2) is 0 Å². The molecule has 0 bridgehead atoms. The molecule has 3 N–H and O–H groups in total. The van der Waals surface area contributed by atoms with Crippen LogP contribution in [-0.2, 0) is 0 Å². The van der Waals surface area contributed by atoms with Crippen molar-refractivity contribution in [1.29, 1.82) is 0 Å². The van der Waals surface area contributed by atoms with Crippen LogP contribution < -0.4 is 11.3 Å². The molecule has 8 heteroatoms. The molecule has 1 heterocycles. The fraction of sp³-hybridized carbons (Fsp3) is 0.167. The number of H-pyrrole nitrogens is 1. The van der Waals surface area contributed by atoms with Crippen molar-refractivity contribution < 1.29 is 13.7 Å². The van der Waals surface area contributed by atoms with Gasteiger partial charge in [-0.25, -0.2) is 8.78 Å². The maximum absolute atomic E-state index is 12.2. The lowest BCUT2D eigenvalue weighted by molar-refractivity contribution is -0.384. The Labute approximate surface area is 75.5 Å². The number of nitrogens with one attached hydrogen (secondary N) is 1. The smallest absolute Gasteiger partial charge is 0.299 e. The van der Waals surface area contributed by atoms with E-state index in [1.807, 2.05) is 0 Å². The number of nitro groups is 1. The maximum atomic E-state index is 12.2. The number of halogens is 2. The van der Waals surface area contributed by atoms with Gasteiger partial charge in [-0.05, 0) is 0 Å². The van der Waals surface area contributed by atoms with Gasteiger partial charge >= 0.3 is 0 Å². The number of aromatic amines is 1. The fourth-order valence-corrected chi connectivity index (χ4v) is 0.899. The molecule has 0 saturated carbocycles. The summed E-state index contributed by atoms with van der Waals surface area (Å²) in [7, 11) is 0. The van der Waals surface area contributed by atoms with Crippen molar-refractivity contribution in [3.05, 3.63) is 32.2 Å². The molecule has 0 aliphatic carbocycles. The van der Waals surface area contributed by atoms with Gasteiger partial charge in [0.25, 0.3) is 17.7 Å². The minimum Gasteiger partial charge on any atom is -0.392 e. The molecule has 76 valence electrons. The van der Waals surface area contributed by atoms with Crippen LogP contribution >= 0.6 is 0 Å². The van der Waals surface area contributed by atoms with Crippen molar-refractivity contribution in [2.45, 2.75) is 6.43 Å². The molecule has 0 atom stereocenters. The Morgan fingerprint density at radius 1 is 1.57 bits per heavy atom. The summed E-state index contributed by atoms with van der Waals surface area (Å²) in [6.45, 7) is 0. The first-order chi connectivity index (χ1) is 6.43. The van der Waals surface area contributed by atoms with Crippen molar-refractivity contribution in [1.82, 2.24) is 4.98 Å². The van der Waals surface area contributed by atoms with Gasteiger partial charge in [0.05, 0.1) is 11.0 Å². The van der Waals surface area contributed by atoms with Gasteiger partial charge in [0.2, 0.25) is 0 Å². The molecule has 6 nitrogen and oxygen atoms in total. The van der Waals surface area contributed by atoms with Crippen molar-refractivity contribution >= 4 is 11.4 Å². The minimum atomic E-state index is -3.05. The van der Waals surface area contributed by atoms with Crippen LogP contribution in [0.5, 0.6) is 0 Å². The molecule has 0 unspecified atom stereocenters. The second kappa shape index (κ2) is 3.40. The van der Waals surface area contributed by atoms with Crippen LogP contribution in [0.1, 0.15) is 12.1 Å². The first-order valence-corrected chi connectivity index (χ1v) is 3.38. The lowest BCUT2D eigenvalue weighted by Gasteiger charge is -2.03. The van der Waals surface area contributed by atoms with Gasteiger partial charge in [-0.3, -0.25) is 14.9 Å². The first-order valence-electron chi connectivity index (χ1n) is 3.38. The van der Waals surface area contributed by atoms with E-state index in [0.29, 0.717) is 6.07 Å². The molecule has 0 radical (unpaired) electrons. The third-order valence-electron chi connectivity index (χ3n) is 1.51. The SMILES string of the molecule is Nc1c([N+](=O)[O-])cc(=O)[nH]c1C(F)F. The average Bonchev–Trinajstić information content (AvgIpc) is 2.07. The summed E-state index contributed by atoms with van der Waals surface area (Å²) in [6, 6.07) is 0.557. The normalized spacial score (nSPS) is 10.5. The molecule has 14 heavy (non-hydrogen) atoms. The highest BCUT2D eigenvalue weighted by Gasteiger charge is 2.22. The van der Waals surface area contributed by atoms with Crippen LogP contribution in [0.2, 0.25) is 0 Å². The number of hydrogen-bond donors (Lipinski definition) is 2. The highest BCUT2D eigenvalue weighted by Crippen LogP contribution is 2.28. The lowest BCUT2D eigenvalue weighted by atomic mass is 10.2. The highest BCUT2D eigenvalue weighted by atomic mass is 19.3. The molecule has 0 aliphatic heterocycles. The molecule has 1 aromatic rings. The zero-order valence-electron chi connectivity index (χ0n) is 6.66. The van der Waals surface area contributed by atoms with E-state index in [0.717, 1.165) is 0 Å². The van der Waals surface area contributed by atoms with E-state index in [-0.39, 0.29) is 0 Å². The van der Waals surface area contributed by atoms with E-state index in [1.165, 1.54) is 0 Å². The Hall–Kier alpha value is -1.99. The molecule has 1 rings (SSSR count). The number of pyridine rings is 1. The van der Waals surface area contributed by atoms with Gasteiger partial charge in [-0.2, -0.15) is 0 Å². The number of nitrogens with zero attached hydrogens (tertiary/aromatic N) is 1. The van der Waals surface area contributed by atoms with Crippen molar-refractivity contribution in [3.63, 3.8) is 0 Å². The zero-order valence-corrected chi connectivity index (χ0v) is 6.66. The molecule has 0 aromatic carbocycles. The summed E-state index contributed by atoms with van der Waals surface area (Å²) in [6.07, 6.45) is -3.05. The van der Waals surface area contributed by atoms with E-state index in [9.17, 15) is 23.7 Å². The summed E-state index contributed by atoms with van der Waals surface area (Å²) < 4.78 is 24.4. The molecular formula is C6H5F2N3O3. The number of rotatable bonds is 2. The van der Waals surface area contributed by atoms with Crippen LogP contribution in [-0.4, -0.2) is 9.91 Å². The third kappa shape index (κ3) is 1.68. The molecule has 0 saturated heterocycles. The minimum absolute atomic E-state index is 0.557. The number of nitrogen functional groups attached to an aromatic ring is 1. The monoisotopic (exact) mass is 205 g/mol. The van der Waals surface area contributed by atoms with Crippen LogP contribution in [0.3, 0.4) is 0 Å². The van der Waals surface area contributed by atoms with Gasteiger partial charge in [0, 0.05) is 0 Å². The van der Waals surface area contributed by atoms with E-state index < -0.39 is 34.0 Å². The Kier molecular flexibility index (Phi) is 2.45. The molecule has 1 aromatic heterocycles. The quantitative estimate of drug-likeness (QED) is 0.550. The Morgan fingerprint density at radius 3 is 2.57 bits per heavy atom. The van der Waals surface area contributed by atoms with Crippen LogP contribution in [0.15, 0.2) is 10.9 Å². The molecular weight excluding hydrogens is 200 g/mol.